The first-order valence-electron chi connectivity index (χ1n) is 7.16. The normalized spacial score (nSPS) is 12.9. The second-order valence-electron chi connectivity index (χ2n) is 4.88. The van der Waals surface area contributed by atoms with Crippen LogP contribution in [0.25, 0.3) is 0 Å². The van der Waals surface area contributed by atoms with Crippen LogP contribution in [0.1, 0.15) is 71.1 Å². The molecule has 0 aliphatic heterocycles. The van der Waals surface area contributed by atoms with Crippen LogP contribution in [0, 0.1) is 5.92 Å². The highest BCUT2D eigenvalue weighted by Gasteiger charge is 2.04. The molecule has 0 aromatic heterocycles. The predicted octanol–water partition coefficient (Wildman–Crippen LogP) is 3.47. The molecule has 2 nitrogen and oxygen atoms in total. The summed E-state index contributed by atoms with van der Waals surface area (Å²) in [6.45, 7) is 3.28. The van der Waals surface area contributed by atoms with Crippen molar-refractivity contribution in [2.24, 2.45) is 11.7 Å². The van der Waals surface area contributed by atoms with Gasteiger partial charge in [0.05, 0.1) is 0 Å². The molecule has 0 aromatic carbocycles. The fraction of sp³-hybridized carbons (Fsp3) is 1.00. The van der Waals surface area contributed by atoms with Crippen LogP contribution in [0.3, 0.4) is 0 Å². The first-order valence-corrected chi connectivity index (χ1v) is 7.16. The molecule has 0 bridgehead atoms. The lowest BCUT2D eigenvalue weighted by atomic mass is 9.97. The lowest BCUT2D eigenvalue weighted by molar-refractivity contribution is 0.252. The van der Waals surface area contributed by atoms with Gasteiger partial charge in [-0.1, -0.05) is 58.3 Å². The van der Waals surface area contributed by atoms with Gasteiger partial charge in [0.2, 0.25) is 0 Å². The molecule has 0 saturated carbocycles. The zero-order valence-electron chi connectivity index (χ0n) is 11.1. The van der Waals surface area contributed by atoms with E-state index >= 15 is 0 Å². The van der Waals surface area contributed by atoms with Gasteiger partial charge in [0.25, 0.3) is 0 Å². The van der Waals surface area contributed by atoms with Crippen LogP contribution in [-0.4, -0.2) is 18.3 Å². The van der Waals surface area contributed by atoms with E-state index in [9.17, 15) is 0 Å². The molecule has 0 aliphatic carbocycles. The molecular weight excluding hydrogens is 198 g/mol. The molecule has 16 heavy (non-hydrogen) atoms. The number of nitrogens with two attached hydrogens (primary N) is 1. The predicted molar refractivity (Wildman–Crippen MR) is 71.5 cm³/mol. The summed E-state index contributed by atoms with van der Waals surface area (Å²) < 4.78 is 0. The molecule has 0 spiro atoms. The highest BCUT2D eigenvalue weighted by molar-refractivity contribution is 4.59. The monoisotopic (exact) mass is 229 g/mol. The van der Waals surface area contributed by atoms with Crippen molar-refractivity contribution in [2.45, 2.75) is 71.1 Å². The highest BCUT2D eigenvalue weighted by atomic mass is 16.3. The minimum atomic E-state index is 0.291. The van der Waals surface area contributed by atoms with Crippen LogP contribution >= 0.6 is 0 Å². The lowest BCUT2D eigenvalue weighted by Crippen LogP contribution is -2.15. The summed E-state index contributed by atoms with van der Waals surface area (Å²) in [5.41, 5.74) is 5.64. The van der Waals surface area contributed by atoms with Crippen LogP contribution in [0.2, 0.25) is 0 Å². The number of hydrogen-bond acceptors (Lipinski definition) is 2. The molecule has 0 heterocycles. The van der Waals surface area contributed by atoms with E-state index in [2.05, 4.69) is 6.92 Å². The number of aliphatic hydroxyl groups excluding tert-OH is 1. The van der Waals surface area contributed by atoms with E-state index in [4.69, 9.17) is 10.8 Å². The molecule has 0 fully saturated rings. The van der Waals surface area contributed by atoms with E-state index in [1.165, 1.54) is 57.8 Å². The van der Waals surface area contributed by atoms with Gasteiger partial charge >= 0.3 is 0 Å². The maximum atomic E-state index is 8.84. The first-order chi connectivity index (χ1) is 7.85. The van der Waals surface area contributed by atoms with Crippen molar-refractivity contribution in [2.75, 3.05) is 13.2 Å². The molecule has 1 atom stereocenters. The third-order valence-corrected chi connectivity index (χ3v) is 3.34. The fourth-order valence-corrected chi connectivity index (χ4v) is 2.13. The van der Waals surface area contributed by atoms with Gasteiger partial charge in [-0.05, 0) is 25.3 Å². The van der Waals surface area contributed by atoms with Crippen LogP contribution in [0.15, 0.2) is 0 Å². The van der Waals surface area contributed by atoms with E-state index < -0.39 is 0 Å². The Kier molecular flexibility index (Phi) is 12.9. The van der Waals surface area contributed by atoms with Crippen molar-refractivity contribution in [3.63, 3.8) is 0 Å². The quantitative estimate of drug-likeness (QED) is 0.503. The molecule has 0 amide bonds. The van der Waals surface area contributed by atoms with Crippen LogP contribution in [0.4, 0.5) is 0 Å². The summed E-state index contributed by atoms with van der Waals surface area (Å²) in [4.78, 5) is 0. The Morgan fingerprint density at radius 1 is 0.875 bits per heavy atom. The summed E-state index contributed by atoms with van der Waals surface area (Å²) in [6.07, 6.45) is 13.0. The number of rotatable bonds is 12. The summed E-state index contributed by atoms with van der Waals surface area (Å²) in [6, 6.07) is 0. The molecule has 0 aliphatic rings. The van der Waals surface area contributed by atoms with Gasteiger partial charge in [0.15, 0.2) is 0 Å². The molecule has 3 N–H and O–H groups in total. The zero-order chi connectivity index (χ0) is 12.1. The maximum absolute atomic E-state index is 8.84. The summed E-state index contributed by atoms with van der Waals surface area (Å²) in [5, 5.41) is 8.84. The van der Waals surface area contributed by atoms with Gasteiger partial charge in [0, 0.05) is 6.61 Å². The lowest BCUT2D eigenvalue weighted by Gasteiger charge is -2.12. The minimum absolute atomic E-state index is 0.291. The number of hydrogen-bond donors (Lipinski definition) is 2. The number of aliphatic hydroxyl groups is 1. The molecule has 2 heteroatoms. The smallest absolute Gasteiger partial charge is 0.0434 e. The van der Waals surface area contributed by atoms with E-state index in [1.807, 2.05) is 0 Å². The molecule has 0 radical (unpaired) electrons. The largest absolute Gasteiger partial charge is 0.396 e. The zero-order valence-corrected chi connectivity index (χ0v) is 11.1. The summed E-state index contributed by atoms with van der Waals surface area (Å²) in [7, 11) is 0. The first kappa shape index (κ1) is 15.9. The van der Waals surface area contributed by atoms with Crippen molar-refractivity contribution in [3.05, 3.63) is 0 Å². The minimum Gasteiger partial charge on any atom is -0.396 e. The molecule has 1 unspecified atom stereocenters. The highest BCUT2D eigenvalue weighted by Crippen LogP contribution is 2.14. The Morgan fingerprint density at radius 3 is 1.94 bits per heavy atom. The van der Waals surface area contributed by atoms with Crippen molar-refractivity contribution in [1.29, 1.82) is 0 Å². The van der Waals surface area contributed by atoms with Gasteiger partial charge in [-0.25, -0.2) is 0 Å². The average molecular weight is 229 g/mol. The van der Waals surface area contributed by atoms with Crippen molar-refractivity contribution in [3.8, 4) is 0 Å². The molecule has 98 valence electrons. The van der Waals surface area contributed by atoms with Crippen molar-refractivity contribution >= 4 is 0 Å². The van der Waals surface area contributed by atoms with Gasteiger partial charge in [-0.15, -0.1) is 0 Å². The van der Waals surface area contributed by atoms with E-state index in [-0.39, 0.29) is 0 Å². The van der Waals surface area contributed by atoms with Crippen molar-refractivity contribution < 1.29 is 5.11 Å². The third-order valence-electron chi connectivity index (χ3n) is 3.34. The van der Waals surface area contributed by atoms with E-state index in [0.717, 1.165) is 13.0 Å². The van der Waals surface area contributed by atoms with Gasteiger partial charge in [-0.3, -0.25) is 0 Å². The SMILES string of the molecule is CCCCCCCCCCC(CN)CCO. The topological polar surface area (TPSA) is 46.2 Å². The van der Waals surface area contributed by atoms with Crippen LogP contribution in [0.5, 0.6) is 0 Å². The fourth-order valence-electron chi connectivity index (χ4n) is 2.13. The van der Waals surface area contributed by atoms with Crippen LogP contribution in [-0.2, 0) is 0 Å². The Hall–Kier alpha value is -0.0800. The van der Waals surface area contributed by atoms with E-state index in [1.54, 1.807) is 0 Å². The Labute approximate surface area is 102 Å². The van der Waals surface area contributed by atoms with Crippen molar-refractivity contribution in [1.82, 2.24) is 0 Å². The number of unbranched alkanes of at least 4 members (excludes halogenated alkanes) is 7. The summed E-state index contributed by atoms with van der Waals surface area (Å²) >= 11 is 0. The Morgan fingerprint density at radius 2 is 1.44 bits per heavy atom. The van der Waals surface area contributed by atoms with Crippen LogP contribution < -0.4 is 5.73 Å². The van der Waals surface area contributed by atoms with Gasteiger partial charge in [-0.2, -0.15) is 0 Å². The Balaban J connectivity index is 3.12. The van der Waals surface area contributed by atoms with Gasteiger partial charge in [0.1, 0.15) is 0 Å². The molecule has 0 aromatic rings. The average Bonchev–Trinajstić information content (AvgIpc) is 2.31. The third kappa shape index (κ3) is 10.4. The molecule has 0 rings (SSSR count). The second kappa shape index (κ2) is 13.0. The summed E-state index contributed by atoms with van der Waals surface area (Å²) in [5.74, 6) is 0.546. The molecule has 0 saturated heterocycles. The standard InChI is InChI=1S/C14H31NO/c1-2-3-4-5-6-7-8-9-10-14(13-15)11-12-16/h14,16H,2-13,15H2,1H3. The molecular formula is C14H31NO. The second-order valence-corrected chi connectivity index (χ2v) is 4.88. The maximum Gasteiger partial charge on any atom is 0.0434 e. The van der Waals surface area contributed by atoms with E-state index in [0.29, 0.717) is 12.5 Å². The van der Waals surface area contributed by atoms with Gasteiger partial charge < -0.3 is 10.8 Å². The Bertz CT molecular complexity index is 128.